The highest BCUT2D eigenvalue weighted by molar-refractivity contribution is 6.06. The van der Waals surface area contributed by atoms with Crippen molar-refractivity contribution < 1.29 is 4.79 Å². The number of hydrogen-bond acceptors (Lipinski definition) is 1. The minimum Gasteiger partial charge on any atom is -0.314 e. The number of likely N-dealkylation sites (N-methyl/N-ethyl adjacent to an activating group) is 1. The number of para-hydroxylation sites is 1. The molecule has 0 aromatic heterocycles. The van der Waals surface area contributed by atoms with Crippen molar-refractivity contribution in [3.63, 3.8) is 0 Å². The van der Waals surface area contributed by atoms with Crippen LogP contribution in [0, 0.1) is 0 Å². The maximum atomic E-state index is 12.6. The summed E-state index contributed by atoms with van der Waals surface area (Å²) in [7, 11) is 1.85. The highest BCUT2D eigenvalue weighted by Gasteiger charge is 2.35. The molecule has 1 atom stereocenters. The second kappa shape index (κ2) is 4.73. The van der Waals surface area contributed by atoms with Crippen molar-refractivity contribution in [2.45, 2.75) is 32.1 Å². The number of rotatable bonds is 1. The molecular formula is C19H21NO. The molecule has 0 N–H and O–H groups in total. The Morgan fingerprint density at radius 3 is 2.19 bits per heavy atom. The van der Waals surface area contributed by atoms with Crippen LogP contribution in [0.3, 0.4) is 0 Å². The van der Waals surface area contributed by atoms with E-state index in [1.54, 1.807) is 4.90 Å². The molecule has 1 unspecified atom stereocenters. The first-order valence-corrected chi connectivity index (χ1v) is 7.36. The number of fused-ring (bicyclic) bond motifs is 1. The number of carbonyl (C=O) groups is 1. The van der Waals surface area contributed by atoms with E-state index in [0.29, 0.717) is 0 Å². The Kier molecular flexibility index (Phi) is 3.12. The van der Waals surface area contributed by atoms with E-state index in [9.17, 15) is 4.79 Å². The summed E-state index contributed by atoms with van der Waals surface area (Å²) in [6.07, 6.45) is 0. The summed E-state index contributed by atoms with van der Waals surface area (Å²) in [6.45, 7) is 6.60. The lowest BCUT2D eigenvalue weighted by atomic mass is 9.84. The summed E-state index contributed by atoms with van der Waals surface area (Å²) in [5.41, 5.74) is 4.62. The van der Waals surface area contributed by atoms with Crippen LogP contribution in [0.5, 0.6) is 0 Å². The van der Waals surface area contributed by atoms with E-state index < -0.39 is 0 Å². The van der Waals surface area contributed by atoms with Gasteiger partial charge >= 0.3 is 0 Å². The number of amides is 1. The van der Waals surface area contributed by atoms with Crippen LogP contribution in [0.4, 0.5) is 5.69 Å². The normalized spacial score (nSPS) is 18.0. The predicted molar refractivity (Wildman–Crippen MR) is 86.8 cm³/mol. The molecule has 3 rings (SSSR count). The Morgan fingerprint density at radius 2 is 1.57 bits per heavy atom. The smallest absolute Gasteiger partial charge is 0.238 e. The molecule has 2 heteroatoms. The van der Waals surface area contributed by atoms with Crippen LogP contribution in [-0.2, 0) is 10.2 Å². The Hall–Kier alpha value is -2.09. The van der Waals surface area contributed by atoms with Gasteiger partial charge in [0.05, 0.1) is 5.92 Å². The summed E-state index contributed by atoms with van der Waals surface area (Å²) in [4.78, 5) is 14.3. The van der Waals surface area contributed by atoms with Gasteiger partial charge in [0.2, 0.25) is 5.91 Å². The first-order valence-electron chi connectivity index (χ1n) is 7.36. The first-order chi connectivity index (χ1) is 9.89. The Morgan fingerprint density at radius 1 is 0.952 bits per heavy atom. The Bertz CT molecular complexity index is 679. The summed E-state index contributed by atoms with van der Waals surface area (Å²) in [5, 5.41) is 0. The minimum atomic E-state index is -0.166. The predicted octanol–water partition coefficient (Wildman–Crippen LogP) is 4.09. The largest absolute Gasteiger partial charge is 0.314 e. The molecule has 1 amide bonds. The average molecular weight is 279 g/mol. The van der Waals surface area contributed by atoms with E-state index in [0.717, 1.165) is 16.8 Å². The third-order valence-electron chi connectivity index (χ3n) is 4.30. The quantitative estimate of drug-likeness (QED) is 0.770. The van der Waals surface area contributed by atoms with Crippen LogP contribution in [-0.4, -0.2) is 13.0 Å². The Balaban J connectivity index is 2.03. The summed E-state index contributed by atoms with van der Waals surface area (Å²) in [6, 6.07) is 16.5. The molecule has 2 aromatic rings. The average Bonchev–Trinajstić information content (AvgIpc) is 2.71. The fraction of sp³-hybridized carbons (Fsp3) is 0.316. The lowest BCUT2D eigenvalue weighted by Crippen LogP contribution is -2.24. The zero-order valence-corrected chi connectivity index (χ0v) is 13.1. The monoisotopic (exact) mass is 279 g/mol. The molecule has 1 aliphatic heterocycles. The number of hydrogen-bond donors (Lipinski definition) is 0. The van der Waals surface area contributed by atoms with E-state index in [2.05, 4.69) is 51.1 Å². The van der Waals surface area contributed by atoms with Crippen molar-refractivity contribution in [2.24, 2.45) is 0 Å². The van der Waals surface area contributed by atoms with E-state index in [4.69, 9.17) is 0 Å². The molecule has 21 heavy (non-hydrogen) atoms. The second-order valence-electron chi connectivity index (χ2n) is 6.76. The molecule has 0 saturated heterocycles. The fourth-order valence-electron chi connectivity index (χ4n) is 2.98. The zero-order chi connectivity index (χ0) is 15.2. The van der Waals surface area contributed by atoms with Crippen LogP contribution < -0.4 is 4.90 Å². The molecule has 2 nitrogen and oxygen atoms in total. The summed E-state index contributed by atoms with van der Waals surface area (Å²) >= 11 is 0. The highest BCUT2D eigenvalue weighted by atomic mass is 16.2. The fourth-order valence-corrected chi connectivity index (χ4v) is 2.98. The van der Waals surface area contributed by atoms with Crippen molar-refractivity contribution in [3.8, 4) is 0 Å². The van der Waals surface area contributed by atoms with Gasteiger partial charge in [0.1, 0.15) is 0 Å². The molecule has 0 radical (unpaired) electrons. The number of nitrogens with zero attached hydrogens (tertiary/aromatic N) is 1. The lowest BCUT2D eigenvalue weighted by Gasteiger charge is -2.20. The topological polar surface area (TPSA) is 20.3 Å². The molecule has 1 aliphatic rings. The van der Waals surface area contributed by atoms with Crippen molar-refractivity contribution in [2.75, 3.05) is 11.9 Å². The number of anilines is 1. The molecule has 2 aromatic carbocycles. The number of benzene rings is 2. The van der Waals surface area contributed by atoms with Gasteiger partial charge in [0, 0.05) is 12.7 Å². The van der Waals surface area contributed by atoms with Crippen LogP contribution in [0.2, 0.25) is 0 Å². The molecule has 0 spiro atoms. The van der Waals surface area contributed by atoms with E-state index in [-0.39, 0.29) is 17.2 Å². The standard InChI is InChI=1S/C19H21NO/c1-19(2,3)14-11-9-13(10-12-14)17-15-7-5-6-8-16(15)20(4)18(17)21/h5-12,17H,1-4H3. The Labute approximate surface area is 126 Å². The minimum absolute atomic E-state index is 0.132. The van der Waals surface area contributed by atoms with Gasteiger partial charge in [0.25, 0.3) is 0 Å². The number of carbonyl (C=O) groups excluding carboxylic acids is 1. The van der Waals surface area contributed by atoms with Crippen molar-refractivity contribution in [1.29, 1.82) is 0 Å². The molecule has 1 heterocycles. The highest BCUT2D eigenvalue weighted by Crippen LogP contribution is 2.40. The van der Waals surface area contributed by atoms with Gasteiger partial charge in [0.15, 0.2) is 0 Å². The van der Waals surface area contributed by atoms with Crippen molar-refractivity contribution in [3.05, 3.63) is 65.2 Å². The van der Waals surface area contributed by atoms with Gasteiger partial charge in [-0.25, -0.2) is 0 Å². The van der Waals surface area contributed by atoms with Gasteiger partial charge in [-0.05, 0) is 28.2 Å². The van der Waals surface area contributed by atoms with Crippen LogP contribution >= 0.6 is 0 Å². The molecule has 0 aliphatic carbocycles. The SMILES string of the molecule is CN1C(=O)C(c2ccc(C(C)(C)C)cc2)c2ccccc21. The van der Waals surface area contributed by atoms with Crippen molar-refractivity contribution in [1.82, 2.24) is 0 Å². The third kappa shape index (κ3) is 2.25. The summed E-state index contributed by atoms with van der Waals surface area (Å²) < 4.78 is 0. The van der Waals surface area contributed by atoms with E-state index in [1.807, 2.05) is 25.2 Å². The van der Waals surface area contributed by atoms with Gasteiger partial charge in [-0.1, -0.05) is 63.2 Å². The molecule has 0 bridgehead atoms. The van der Waals surface area contributed by atoms with E-state index >= 15 is 0 Å². The molecule has 0 saturated carbocycles. The summed E-state index contributed by atoms with van der Waals surface area (Å²) in [5.74, 6) is -0.0140. The first kappa shape index (κ1) is 13.9. The van der Waals surface area contributed by atoms with Gasteiger partial charge in [-0.15, -0.1) is 0 Å². The molecule has 108 valence electrons. The zero-order valence-electron chi connectivity index (χ0n) is 13.1. The second-order valence-corrected chi connectivity index (χ2v) is 6.76. The molecule has 0 fully saturated rings. The van der Waals surface area contributed by atoms with Crippen LogP contribution in [0.15, 0.2) is 48.5 Å². The van der Waals surface area contributed by atoms with Gasteiger partial charge in [-0.3, -0.25) is 4.79 Å². The maximum absolute atomic E-state index is 12.6. The van der Waals surface area contributed by atoms with E-state index in [1.165, 1.54) is 5.56 Å². The lowest BCUT2D eigenvalue weighted by molar-refractivity contribution is -0.118. The van der Waals surface area contributed by atoms with Crippen LogP contribution in [0.1, 0.15) is 43.4 Å². The van der Waals surface area contributed by atoms with Gasteiger partial charge in [-0.2, -0.15) is 0 Å². The van der Waals surface area contributed by atoms with Crippen molar-refractivity contribution >= 4 is 11.6 Å². The van der Waals surface area contributed by atoms with Gasteiger partial charge < -0.3 is 4.90 Å². The third-order valence-corrected chi connectivity index (χ3v) is 4.30. The van der Waals surface area contributed by atoms with Crippen LogP contribution in [0.25, 0.3) is 0 Å². The molecular weight excluding hydrogens is 258 g/mol. The maximum Gasteiger partial charge on any atom is 0.238 e.